The Morgan fingerprint density at radius 3 is 2.26 bits per heavy atom. The number of carboxylic acid groups (broad SMARTS) is 1. The first-order chi connectivity index (χ1) is 8.59. The second-order valence-electron chi connectivity index (χ2n) is 3.42. The van der Waals surface area contributed by atoms with Crippen LogP contribution in [0.25, 0.3) is 0 Å². The minimum atomic E-state index is -5.53. The summed E-state index contributed by atoms with van der Waals surface area (Å²) in [5.74, 6) is -3.27. The molecule has 0 saturated carbocycles. The molecule has 1 atom stereocenters. The minimum absolute atomic E-state index is 0.383. The van der Waals surface area contributed by atoms with E-state index < -0.39 is 35.7 Å². The van der Waals surface area contributed by atoms with Crippen molar-refractivity contribution in [2.24, 2.45) is 0 Å². The number of ether oxygens (including phenoxy) is 1. The molecule has 0 bridgehead atoms. The lowest BCUT2D eigenvalue weighted by atomic mass is 9.93. The fourth-order valence-electron chi connectivity index (χ4n) is 1.31. The Kier molecular flexibility index (Phi) is 3.99. The fraction of sp³-hybridized carbons (Fsp3) is 0.300. The molecule has 0 amide bonds. The predicted molar refractivity (Wildman–Crippen MR) is 50.7 cm³/mol. The number of halogens is 5. The van der Waals surface area contributed by atoms with Gasteiger partial charge in [0.25, 0.3) is 5.60 Å². The highest BCUT2D eigenvalue weighted by molar-refractivity contribution is 5.80. The molecule has 1 aromatic rings. The average molecular weight is 286 g/mol. The summed E-state index contributed by atoms with van der Waals surface area (Å²) in [6, 6.07) is 2.77. The highest BCUT2D eigenvalue weighted by Crippen LogP contribution is 2.40. The van der Waals surface area contributed by atoms with Crippen LogP contribution in [0.3, 0.4) is 0 Å². The molecule has 0 aliphatic heterocycles. The van der Waals surface area contributed by atoms with Crippen LogP contribution in [0.5, 0.6) is 5.75 Å². The van der Waals surface area contributed by atoms with Crippen LogP contribution < -0.4 is 4.74 Å². The van der Waals surface area contributed by atoms with Crippen LogP contribution in [0.2, 0.25) is 0 Å². The topological polar surface area (TPSA) is 66.8 Å². The van der Waals surface area contributed by atoms with E-state index in [0.29, 0.717) is 12.1 Å². The Bertz CT molecular complexity index is 473. The van der Waals surface area contributed by atoms with Gasteiger partial charge >= 0.3 is 18.8 Å². The number of benzene rings is 1. The molecule has 106 valence electrons. The molecule has 0 aliphatic rings. The SMILES string of the molecule is O=C(O)C(O)(c1cccc(OC(F)F)c1)C(F)(F)F. The minimum Gasteiger partial charge on any atom is -0.479 e. The maximum absolute atomic E-state index is 12.6. The van der Waals surface area contributed by atoms with E-state index in [1.165, 1.54) is 0 Å². The number of aliphatic hydroxyl groups is 1. The largest absolute Gasteiger partial charge is 0.479 e. The zero-order valence-corrected chi connectivity index (χ0v) is 8.99. The molecule has 0 saturated heterocycles. The van der Waals surface area contributed by atoms with E-state index in [2.05, 4.69) is 4.74 Å². The zero-order valence-electron chi connectivity index (χ0n) is 8.99. The van der Waals surface area contributed by atoms with Crippen molar-refractivity contribution in [3.8, 4) is 5.75 Å². The van der Waals surface area contributed by atoms with Crippen molar-refractivity contribution in [3.63, 3.8) is 0 Å². The Balaban J connectivity index is 3.29. The van der Waals surface area contributed by atoms with Crippen LogP contribution in [0.4, 0.5) is 22.0 Å². The molecule has 0 heterocycles. The third-order valence-corrected chi connectivity index (χ3v) is 2.20. The number of aliphatic carboxylic acids is 1. The number of rotatable bonds is 4. The highest BCUT2D eigenvalue weighted by atomic mass is 19.4. The molecule has 4 nitrogen and oxygen atoms in total. The summed E-state index contributed by atoms with van der Waals surface area (Å²) in [7, 11) is 0. The molecule has 1 unspecified atom stereocenters. The third kappa shape index (κ3) is 2.92. The lowest BCUT2D eigenvalue weighted by Crippen LogP contribution is -2.49. The Labute approximate surface area is 103 Å². The standard InChI is InChI=1S/C10H7F5O4/c11-8(12)19-6-3-1-2-5(4-6)9(18,7(16)17)10(13,14)15/h1-4,8,18H,(H,16,17). The first-order valence-corrected chi connectivity index (χ1v) is 4.67. The maximum atomic E-state index is 12.6. The van der Waals surface area contributed by atoms with Gasteiger partial charge in [0.1, 0.15) is 5.75 Å². The molecule has 0 aromatic heterocycles. The van der Waals surface area contributed by atoms with Gasteiger partial charge in [-0.3, -0.25) is 0 Å². The number of hydrogen-bond donors (Lipinski definition) is 2. The van der Waals surface area contributed by atoms with Gasteiger partial charge in [0.05, 0.1) is 0 Å². The van der Waals surface area contributed by atoms with Crippen LogP contribution in [0.1, 0.15) is 5.56 Å². The second kappa shape index (κ2) is 5.00. The summed E-state index contributed by atoms with van der Waals surface area (Å²) in [5, 5.41) is 17.8. The number of carbonyl (C=O) groups is 1. The molecule has 1 rings (SSSR count). The van der Waals surface area contributed by atoms with E-state index in [4.69, 9.17) is 5.11 Å². The summed E-state index contributed by atoms with van der Waals surface area (Å²) >= 11 is 0. The van der Waals surface area contributed by atoms with Crippen molar-refractivity contribution < 1.29 is 41.7 Å². The Morgan fingerprint density at radius 2 is 1.84 bits per heavy atom. The van der Waals surface area contributed by atoms with Crippen molar-refractivity contribution >= 4 is 5.97 Å². The van der Waals surface area contributed by atoms with Gasteiger partial charge in [-0.15, -0.1) is 0 Å². The van der Waals surface area contributed by atoms with Gasteiger partial charge in [-0.2, -0.15) is 22.0 Å². The van der Waals surface area contributed by atoms with Crippen molar-refractivity contribution in [3.05, 3.63) is 29.8 Å². The van der Waals surface area contributed by atoms with Crippen LogP contribution in [-0.4, -0.2) is 29.0 Å². The van der Waals surface area contributed by atoms with Crippen molar-refractivity contribution in [1.29, 1.82) is 0 Å². The van der Waals surface area contributed by atoms with Crippen LogP contribution in [-0.2, 0) is 10.4 Å². The number of carboxylic acids is 1. The molecule has 0 fully saturated rings. The average Bonchev–Trinajstić information content (AvgIpc) is 2.25. The van der Waals surface area contributed by atoms with Gasteiger partial charge in [0, 0.05) is 5.56 Å². The van der Waals surface area contributed by atoms with E-state index in [-0.39, 0.29) is 0 Å². The summed E-state index contributed by atoms with van der Waals surface area (Å²) in [6.07, 6.45) is -5.53. The zero-order chi connectivity index (χ0) is 14.8. The molecule has 9 heteroatoms. The second-order valence-corrected chi connectivity index (χ2v) is 3.42. The molecular weight excluding hydrogens is 279 g/mol. The van der Waals surface area contributed by atoms with Crippen LogP contribution in [0, 0.1) is 0 Å². The van der Waals surface area contributed by atoms with E-state index in [0.717, 1.165) is 12.1 Å². The molecule has 1 aromatic carbocycles. The summed E-state index contributed by atoms with van der Waals surface area (Å²) < 4.78 is 65.5. The van der Waals surface area contributed by atoms with Crippen molar-refractivity contribution in [1.82, 2.24) is 0 Å². The Hall–Kier alpha value is -1.90. The molecule has 0 radical (unpaired) electrons. The fourth-order valence-corrected chi connectivity index (χ4v) is 1.31. The first-order valence-electron chi connectivity index (χ1n) is 4.67. The molecule has 0 spiro atoms. The smallest absolute Gasteiger partial charge is 0.432 e. The lowest BCUT2D eigenvalue weighted by molar-refractivity contribution is -0.265. The van der Waals surface area contributed by atoms with Crippen LogP contribution in [0.15, 0.2) is 24.3 Å². The van der Waals surface area contributed by atoms with E-state index in [1.807, 2.05) is 0 Å². The molecule has 0 aliphatic carbocycles. The van der Waals surface area contributed by atoms with Crippen molar-refractivity contribution in [2.45, 2.75) is 18.4 Å². The van der Waals surface area contributed by atoms with E-state index in [1.54, 1.807) is 0 Å². The van der Waals surface area contributed by atoms with Crippen molar-refractivity contribution in [2.75, 3.05) is 0 Å². The van der Waals surface area contributed by atoms with Crippen LogP contribution >= 0.6 is 0 Å². The molecule has 19 heavy (non-hydrogen) atoms. The molecular formula is C10H7F5O4. The predicted octanol–water partition coefficient (Wildman–Crippen LogP) is 2.12. The highest BCUT2D eigenvalue weighted by Gasteiger charge is 2.61. The summed E-state index contributed by atoms with van der Waals surface area (Å²) in [6.45, 7) is -3.29. The summed E-state index contributed by atoms with van der Waals surface area (Å²) in [5.41, 5.74) is -5.33. The summed E-state index contributed by atoms with van der Waals surface area (Å²) in [4.78, 5) is 10.6. The van der Waals surface area contributed by atoms with E-state index >= 15 is 0 Å². The lowest BCUT2D eigenvalue weighted by Gasteiger charge is -2.26. The van der Waals surface area contributed by atoms with Gasteiger partial charge in [-0.05, 0) is 12.1 Å². The quantitative estimate of drug-likeness (QED) is 0.832. The normalized spacial score (nSPS) is 15.1. The molecule has 2 N–H and O–H groups in total. The number of hydrogen-bond acceptors (Lipinski definition) is 3. The van der Waals surface area contributed by atoms with Gasteiger partial charge in [0.15, 0.2) is 0 Å². The first kappa shape index (κ1) is 15.2. The van der Waals surface area contributed by atoms with Gasteiger partial charge in [-0.1, -0.05) is 12.1 Å². The van der Waals surface area contributed by atoms with Gasteiger partial charge in [0.2, 0.25) is 0 Å². The van der Waals surface area contributed by atoms with Gasteiger partial charge < -0.3 is 14.9 Å². The number of alkyl halides is 5. The maximum Gasteiger partial charge on any atom is 0.432 e. The van der Waals surface area contributed by atoms with E-state index in [9.17, 15) is 31.9 Å². The third-order valence-electron chi connectivity index (χ3n) is 2.20. The monoisotopic (exact) mass is 286 g/mol. The Morgan fingerprint density at radius 1 is 1.26 bits per heavy atom. The van der Waals surface area contributed by atoms with Gasteiger partial charge in [-0.25, -0.2) is 4.79 Å².